The van der Waals surface area contributed by atoms with Crippen molar-refractivity contribution in [2.75, 3.05) is 19.5 Å². The van der Waals surface area contributed by atoms with Crippen LogP contribution in [0.2, 0.25) is 0 Å². The van der Waals surface area contributed by atoms with Crippen LogP contribution in [0, 0.1) is 18.8 Å². The molecule has 0 unspecified atom stereocenters. The number of carbonyl (C=O) groups is 4. The van der Waals surface area contributed by atoms with E-state index < -0.39 is 35.7 Å². The number of carboxylic acid groups (broad SMARTS) is 1. The largest absolute Gasteiger partial charge is 0.481 e. The molecule has 8 nitrogen and oxygen atoms in total. The van der Waals surface area contributed by atoms with Crippen molar-refractivity contribution in [2.24, 2.45) is 11.8 Å². The number of amides is 1. The topological polar surface area (TPSA) is 119 Å². The Morgan fingerprint density at radius 3 is 2.15 bits per heavy atom. The molecule has 9 heteroatoms. The highest BCUT2D eigenvalue weighted by molar-refractivity contribution is 7.18. The number of methoxy groups -OCH3 is 2. The number of aliphatic carboxylic acids is 1. The van der Waals surface area contributed by atoms with Gasteiger partial charge in [-0.25, -0.2) is 9.59 Å². The Labute approximate surface area is 154 Å². The zero-order valence-electron chi connectivity index (χ0n) is 14.8. The van der Waals surface area contributed by atoms with Crippen LogP contribution in [0.1, 0.15) is 51.3 Å². The van der Waals surface area contributed by atoms with Crippen LogP contribution in [-0.2, 0) is 19.1 Å². The van der Waals surface area contributed by atoms with Crippen LogP contribution >= 0.6 is 11.3 Å². The number of hydrogen-bond donors (Lipinski definition) is 2. The summed E-state index contributed by atoms with van der Waals surface area (Å²) in [5, 5.41) is 12.1. The second-order valence-corrected chi connectivity index (χ2v) is 7.09. The molecule has 26 heavy (non-hydrogen) atoms. The molecule has 0 aromatic carbocycles. The molecule has 0 aliphatic heterocycles. The normalized spacial score (nSPS) is 19.5. The average molecular weight is 383 g/mol. The molecule has 2 rings (SSSR count). The lowest BCUT2D eigenvalue weighted by Crippen LogP contribution is -2.36. The first kappa shape index (κ1) is 19.9. The fourth-order valence-corrected chi connectivity index (χ4v) is 4.30. The summed E-state index contributed by atoms with van der Waals surface area (Å²) < 4.78 is 9.44. The van der Waals surface area contributed by atoms with E-state index in [-0.39, 0.29) is 15.4 Å². The zero-order chi connectivity index (χ0) is 19.4. The molecule has 0 radical (unpaired) electrons. The number of hydrogen-bond acceptors (Lipinski definition) is 7. The van der Waals surface area contributed by atoms with Crippen LogP contribution in [0.4, 0.5) is 5.00 Å². The van der Waals surface area contributed by atoms with Crippen LogP contribution in [0.3, 0.4) is 0 Å². The van der Waals surface area contributed by atoms with Gasteiger partial charge in [-0.2, -0.15) is 0 Å². The van der Waals surface area contributed by atoms with E-state index in [4.69, 9.17) is 9.47 Å². The molecule has 2 N–H and O–H groups in total. The van der Waals surface area contributed by atoms with Crippen molar-refractivity contribution in [1.29, 1.82) is 0 Å². The lowest BCUT2D eigenvalue weighted by atomic mass is 9.79. The van der Waals surface area contributed by atoms with Gasteiger partial charge in [0.2, 0.25) is 5.91 Å². The van der Waals surface area contributed by atoms with Gasteiger partial charge in [-0.05, 0) is 25.3 Å². The number of anilines is 1. The maximum Gasteiger partial charge on any atom is 0.348 e. The average Bonchev–Trinajstić information content (AvgIpc) is 2.96. The minimum atomic E-state index is -1.00. The molecular formula is C17H21NO7S. The fourth-order valence-electron chi connectivity index (χ4n) is 3.18. The highest BCUT2D eigenvalue weighted by Gasteiger charge is 2.37. The number of ether oxygens (including phenoxy) is 2. The van der Waals surface area contributed by atoms with Gasteiger partial charge in [0.25, 0.3) is 0 Å². The molecule has 1 heterocycles. The Hall–Kier alpha value is -2.42. The first-order valence-corrected chi connectivity index (χ1v) is 8.97. The molecule has 0 bridgehead atoms. The van der Waals surface area contributed by atoms with Crippen LogP contribution < -0.4 is 5.32 Å². The minimum Gasteiger partial charge on any atom is -0.481 e. The molecule has 1 aliphatic rings. The maximum atomic E-state index is 12.7. The Kier molecular flexibility index (Phi) is 6.36. The van der Waals surface area contributed by atoms with Crippen molar-refractivity contribution in [2.45, 2.75) is 32.6 Å². The van der Waals surface area contributed by atoms with Crippen molar-refractivity contribution in [1.82, 2.24) is 0 Å². The summed E-state index contributed by atoms with van der Waals surface area (Å²) in [6.07, 6.45) is 2.43. The lowest BCUT2D eigenvalue weighted by molar-refractivity contribution is -0.147. The van der Waals surface area contributed by atoms with Crippen molar-refractivity contribution >= 4 is 40.2 Å². The van der Waals surface area contributed by atoms with Crippen LogP contribution in [0.15, 0.2) is 0 Å². The van der Waals surface area contributed by atoms with Crippen molar-refractivity contribution in [3.05, 3.63) is 16.0 Å². The number of carboxylic acids is 1. The van der Waals surface area contributed by atoms with E-state index in [1.807, 2.05) is 0 Å². The van der Waals surface area contributed by atoms with E-state index in [0.29, 0.717) is 18.4 Å². The van der Waals surface area contributed by atoms with Crippen LogP contribution in [0.25, 0.3) is 0 Å². The number of thiophene rings is 1. The summed E-state index contributed by atoms with van der Waals surface area (Å²) in [5.41, 5.74) is 0.427. The molecule has 0 spiro atoms. The predicted octanol–water partition coefficient (Wildman–Crippen LogP) is 2.46. The van der Waals surface area contributed by atoms with Gasteiger partial charge in [0.15, 0.2) is 0 Å². The van der Waals surface area contributed by atoms with Crippen LogP contribution in [-0.4, -0.2) is 43.1 Å². The molecule has 1 amide bonds. The molecule has 2 atom stereocenters. The van der Waals surface area contributed by atoms with Gasteiger partial charge in [0.05, 0.1) is 31.6 Å². The first-order valence-electron chi connectivity index (χ1n) is 8.15. The van der Waals surface area contributed by atoms with E-state index in [0.717, 1.165) is 24.2 Å². The van der Waals surface area contributed by atoms with Gasteiger partial charge < -0.3 is 19.9 Å². The standard InChI is InChI=1S/C17H21NO7S/c1-8-11(16(22)24-2)14(26-12(8)17(23)25-3)18-13(19)9-6-4-5-7-10(9)15(20)21/h9-10H,4-7H2,1-3H3,(H,18,19)(H,20,21)/t9-,10+/m0/s1. The Morgan fingerprint density at radius 1 is 1.04 bits per heavy atom. The number of nitrogens with one attached hydrogen (secondary N) is 1. The molecule has 1 saturated carbocycles. The highest BCUT2D eigenvalue weighted by Crippen LogP contribution is 2.36. The Bertz CT molecular complexity index is 740. The molecular weight excluding hydrogens is 362 g/mol. The van der Waals surface area contributed by atoms with Crippen molar-refractivity contribution in [3.8, 4) is 0 Å². The third-order valence-corrected chi connectivity index (χ3v) is 5.75. The lowest BCUT2D eigenvalue weighted by Gasteiger charge is -2.27. The van der Waals surface area contributed by atoms with E-state index >= 15 is 0 Å². The smallest absolute Gasteiger partial charge is 0.348 e. The summed E-state index contributed by atoms with van der Waals surface area (Å²) in [7, 11) is 2.42. The van der Waals surface area contributed by atoms with Gasteiger partial charge >= 0.3 is 17.9 Å². The number of esters is 2. The van der Waals surface area contributed by atoms with Gasteiger partial charge in [-0.15, -0.1) is 11.3 Å². The van der Waals surface area contributed by atoms with E-state index in [1.54, 1.807) is 6.92 Å². The molecule has 142 valence electrons. The second kappa shape index (κ2) is 8.31. The van der Waals surface area contributed by atoms with Gasteiger partial charge in [-0.3, -0.25) is 9.59 Å². The van der Waals surface area contributed by atoms with E-state index in [9.17, 15) is 24.3 Å². The molecule has 0 saturated heterocycles. The molecule has 1 fully saturated rings. The van der Waals surface area contributed by atoms with Crippen molar-refractivity contribution in [3.63, 3.8) is 0 Å². The molecule has 1 aromatic rings. The number of carbonyl (C=O) groups excluding carboxylic acids is 3. The quantitative estimate of drug-likeness (QED) is 0.750. The third-order valence-electron chi connectivity index (χ3n) is 4.56. The predicted molar refractivity (Wildman–Crippen MR) is 93.4 cm³/mol. The fraction of sp³-hybridized carbons (Fsp3) is 0.529. The highest BCUT2D eigenvalue weighted by atomic mass is 32.1. The first-order chi connectivity index (χ1) is 12.3. The Morgan fingerprint density at radius 2 is 1.62 bits per heavy atom. The second-order valence-electron chi connectivity index (χ2n) is 6.07. The summed E-state index contributed by atoms with van der Waals surface area (Å²) in [5.74, 6) is -4.24. The van der Waals surface area contributed by atoms with E-state index in [1.165, 1.54) is 14.2 Å². The number of rotatable bonds is 5. The Balaban J connectivity index is 2.35. The van der Waals surface area contributed by atoms with E-state index in [2.05, 4.69) is 5.32 Å². The maximum absolute atomic E-state index is 12.7. The summed E-state index contributed by atoms with van der Waals surface area (Å²) in [4.78, 5) is 48.3. The molecule has 1 aliphatic carbocycles. The SMILES string of the molecule is COC(=O)c1sc(NC(=O)[C@H]2CCCC[C@H]2C(=O)O)c(C(=O)OC)c1C. The third kappa shape index (κ3) is 3.87. The summed E-state index contributed by atoms with van der Waals surface area (Å²) in [6.45, 7) is 1.56. The van der Waals surface area contributed by atoms with Crippen LogP contribution in [0.5, 0.6) is 0 Å². The molecule has 1 aromatic heterocycles. The van der Waals surface area contributed by atoms with Gasteiger partial charge in [0, 0.05) is 0 Å². The zero-order valence-corrected chi connectivity index (χ0v) is 15.6. The summed E-state index contributed by atoms with van der Waals surface area (Å²) >= 11 is 0.910. The van der Waals surface area contributed by atoms with Crippen molar-refractivity contribution < 1.29 is 33.8 Å². The summed E-state index contributed by atoms with van der Waals surface area (Å²) in [6, 6.07) is 0. The minimum absolute atomic E-state index is 0.0777. The van der Waals surface area contributed by atoms with Gasteiger partial charge in [0.1, 0.15) is 9.88 Å². The monoisotopic (exact) mass is 383 g/mol. The van der Waals surface area contributed by atoms with Gasteiger partial charge in [-0.1, -0.05) is 12.8 Å².